The molecule has 28 valence electrons. The van der Waals surface area contributed by atoms with Crippen molar-refractivity contribution in [2.24, 2.45) is 0 Å². The molecule has 1 aromatic heterocycles. The molecule has 0 aliphatic heterocycles. The lowest BCUT2D eigenvalue weighted by atomic mass is 10.6. The maximum atomic E-state index is 4.29. The third kappa shape index (κ3) is 0.210. The minimum atomic E-state index is 0.838. The van der Waals surface area contributed by atoms with Crippen LogP contribution in [0.1, 0.15) is 5.76 Å². The predicted molar refractivity (Wildman–Crippen MR) is 15.7 cm³/mol. The van der Waals surface area contributed by atoms with E-state index in [0.29, 0.717) is 0 Å². The second-order valence-electron chi connectivity index (χ2n) is 0.908. The Hall–Kier alpha value is -0.660. The van der Waals surface area contributed by atoms with Crippen molar-refractivity contribution in [3.63, 3.8) is 0 Å². The van der Waals surface area contributed by atoms with E-state index in [9.17, 15) is 0 Å². The van der Waals surface area contributed by atoms with Gasteiger partial charge in [-0.2, -0.15) is 0 Å². The van der Waals surface area contributed by atoms with E-state index < -0.39 is 0 Å². The molecular weight excluding hydrogens is 68.0 g/mol. The van der Waals surface area contributed by atoms with Crippen molar-refractivity contribution >= 4 is 0 Å². The van der Waals surface area contributed by atoms with Crippen molar-refractivity contribution in [1.82, 2.24) is 0 Å². The van der Waals surface area contributed by atoms with Crippen LogP contribution >= 0.6 is 0 Å². The average molecular weight is 72.1 g/mol. The molecule has 0 amide bonds. The first-order chi connectivity index (χ1) is 2.39. The Morgan fingerprint density at radius 2 is 2.20 bits per heavy atom. The van der Waals surface area contributed by atoms with Gasteiger partial charge < -0.3 is 0 Å². The summed E-state index contributed by atoms with van der Waals surface area (Å²) in [7, 11) is 0. The highest BCUT2D eigenvalue weighted by Gasteiger charge is 1.83. The van der Waals surface area contributed by atoms with Crippen LogP contribution in [0.4, 0.5) is 0 Å². The molecule has 0 aromatic carbocycles. The smallest absolute Gasteiger partial charge is 0.192 e. The van der Waals surface area contributed by atoms with Gasteiger partial charge in [-0.05, 0) is 0 Å². The lowest BCUT2D eigenvalue weighted by Gasteiger charge is -1.84. The van der Waals surface area contributed by atoms with Crippen LogP contribution in [0.25, 0.3) is 0 Å². The molecule has 0 aliphatic rings. The molecule has 1 aromatic rings. The van der Waals surface area contributed by atoms with Crippen molar-refractivity contribution in [2.45, 2.75) is 6.92 Å². The topological polar surface area (TPSA) is 26.3 Å². The van der Waals surface area contributed by atoms with Crippen LogP contribution in [0, 0.1) is 6.92 Å². The molecule has 5 heavy (non-hydrogen) atoms. The third-order valence-corrected chi connectivity index (χ3v) is 0.394. The third-order valence-electron chi connectivity index (χ3n) is 0.394. The summed E-state index contributed by atoms with van der Waals surface area (Å²) in [5.41, 5.74) is 0. The summed E-state index contributed by atoms with van der Waals surface area (Å²) in [5, 5.41) is 0. The minimum absolute atomic E-state index is 0.838. The van der Waals surface area contributed by atoms with Crippen LogP contribution in [0.3, 0.4) is 0 Å². The van der Waals surface area contributed by atoms with E-state index >= 15 is 0 Å². The highest BCUT2D eigenvalue weighted by atomic mass is 17.0. The second-order valence-corrected chi connectivity index (χ2v) is 0.908. The molecule has 0 saturated heterocycles. The zero-order chi connectivity index (χ0) is 3.70. The van der Waals surface area contributed by atoms with Gasteiger partial charge in [0, 0.05) is 6.92 Å². The number of hydrogen-bond acceptors (Lipinski definition) is 2. The average Bonchev–Trinajstić information content (AvgIpc) is 1.30. The molecule has 0 unspecified atom stereocenters. The van der Waals surface area contributed by atoms with Gasteiger partial charge >= 0.3 is 0 Å². The van der Waals surface area contributed by atoms with Crippen molar-refractivity contribution in [1.29, 1.82) is 0 Å². The van der Waals surface area contributed by atoms with E-state index in [1.807, 2.05) is 6.92 Å². The zero-order valence-corrected chi connectivity index (χ0v) is 2.89. The van der Waals surface area contributed by atoms with E-state index in [0.717, 1.165) is 5.76 Å². The van der Waals surface area contributed by atoms with Gasteiger partial charge in [-0.25, -0.2) is 0 Å². The van der Waals surface area contributed by atoms with Gasteiger partial charge in [0.15, 0.2) is 12.0 Å². The Bertz CT molecular complexity index is 87.1. The summed E-state index contributed by atoms with van der Waals surface area (Å²) in [6.07, 6.45) is 1.54. The number of rotatable bonds is 0. The normalized spacial score (nSPS) is 9.00. The zero-order valence-electron chi connectivity index (χ0n) is 2.89. The first-order valence-electron chi connectivity index (χ1n) is 1.40. The molecule has 0 spiro atoms. The summed E-state index contributed by atoms with van der Waals surface area (Å²) in [4.78, 5) is 0. The molecule has 1 heterocycles. The van der Waals surface area contributed by atoms with E-state index in [1.54, 1.807) is 6.26 Å². The van der Waals surface area contributed by atoms with Crippen molar-refractivity contribution in [2.75, 3.05) is 0 Å². The summed E-state index contributed by atoms with van der Waals surface area (Å²) >= 11 is 0. The summed E-state index contributed by atoms with van der Waals surface area (Å²) in [6.45, 7) is 1.82. The number of aryl methyl sites for hydroxylation is 1. The highest BCUT2D eigenvalue weighted by molar-refractivity contribution is 4.75. The quantitative estimate of drug-likeness (QED) is 0.430. The Kier molecular flexibility index (Phi) is 0.330. The van der Waals surface area contributed by atoms with Gasteiger partial charge in [0.2, 0.25) is 0 Å². The van der Waals surface area contributed by atoms with E-state index in [1.165, 1.54) is 0 Å². The lowest BCUT2D eigenvalue weighted by Crippen LogP contribution is -1.66. The molecule has 0 radical (unpaired) electrons. The van der Waals surface area contributed by atoms with Crippen LogP contribution in [-0.2, 0) is 0 Å². The van der Waals surface area contributed by atoms with Gasteiger partial charge in [-0.15, -0.1) is 0 Å². The van der Waals surface area contributed by atoms with Crippen LogP contribution in [0.5, 0.6) is 0 Å². The largest absolute Gasteiger partial charge is 0.294 e. The maximum Gasteiger partial charge on any atom is 0.192 e. The molecule has 2 nitrogen and oxygen atoms in total. The van der Waals surface area contributed by atoms with E-state index in [4.69, 9.17) is 0 Å². The second kappa shape index (κ2) is 0.641. The molecule has 0 N–H and O–H groups in total. The standard InChI is InChI=1S/C3H4O2/c1-3-2-4-5-3/h2H,1H3. The molecular formula is C3H4O2. The SMILES string of the molecule is Cc1coo1. The first-order valence-corrected chi connectivity index (χ1v) is 1.40. The van der Waals surface area contributed by atoms with Crippen molar-refractivity contribution < 1.29 is 9.15 Å². The fraction of sp³-hybridized carbons (Fsp3) is 0.333. The summed E-state index contributed by atoms with van der Waals surface area (Å²) in [6, 6.07) is 0. The maximum absolute atomic E-state index is 4.29. The fourth-order valence-corrected chi connectivity index (χ4v) is 0.144. The van der Waals surface area contributed by atoms with E-state index in [-0.39, 0.29) is 0 Å². The molecule has 0 fully saturated rings. The van der Waals surface area contributed by atoms with Gasteiger partial charge in [0.25, 0.3) is 0 Å². The van der Waals surface area contributed by atoms with Crippen LogP contribution in [0.2, 0.25) is 0 Å². The predicted octanol–water partition coefficient (Wildman–Crippen LogP) is 1.18. The van der Waals surface area contributed by atoms with E-state index in [2.05, 4.69) is 9.15 Å². The van der Waals surface area contributed by atoms with Gasteiger partial charge in [0.05, 0.1) is 0 Å². The Morgan fingerprint density at radius 3 is 2.20 bits per heavy atom. The molecule has 0 bridgehead atoms. The van der Waals surface area contributed by atoms with Crippen molar-refractivity contribution in [3.05, 3.63) is 12.0 Å². The summed E-state index contributed by atoms with van der Waals surface area (Å²) in [5.74, 6) is 0.838. The monoisotopic (exact) mass is 72.0 g/mol. The lowest BCUT2D eigenvalue weighted by molar-refractivity contribution is -0.0114. The Labute approximate surface area is 29.3 Å². The van der Waals surface area contributed by atoms with Crippen LogP contribution in [-0.4, -0.2) is 0 Å². The van der Waals surface area contributed by atoms with Gasteiger partial charge in [0.1, 0.15) is 0 Å². The highest BCUT2D eigenvalue weighted by Crippen LogP contribution is 1.95. The van der Waals surface area contributed by atoms with Gasteiger partial charge in [-0.3, -0.25) is 9.15 Å². The van der Waals surface area contributed by atoms with Gasteiger partial charge in [-0.1, -0.05) is 0 Å². The minimum Gasteiger partial charge on any atom is -0.294 e. The Morgan fingerprint density at radius 1 is 1.80 bits per heavy atom. The molecule has 0 atom stereocenters. The molecule has 0 aliphatic carbocycles. The van der Waals surface area contributed by atoms with Crippen LogP contribution < -0.4 is 0 Å². The molecule has 1 rings (SSSR count). The molecule has 2 heteroatoms. The van der Waals surface area contributed by atoms with Crippen LogP contribution in [0.15, 0.2) is 15.4 Å². The summed E-state index contributed by atoms with van der Waals surface area (Å²) < 4.78 is 8.46. The first kappa shape index (κ1) is 2.57. The molecule has 0 saturated carbocycles. The van der Waals surface area contributed by atoms with Crippen molar-refractivity contribution in [3.8, 4) is 0 Å². The number of hydrogen-bond donors (Lipinski definition) is 0. The fourth-order valence-electron chi connectivity index (χ4n) is 0.144. The Balaban J connectivity index is 2.83.